The van der Waals surface area contributed by atoms with Crippen LogP contribution in [-0.4, -0.2) is 26.4 Å². The second-order valence-corrected chi connectivity index (χ2v) is 6.71. The first-order chi connectivity index (χ1) is 9.60. The Kier molecular flexibility index (Phi) is 5.52. The molecule has 1 aliphatic carbocycles. The van der Waals surface area contributed by atoms with Gasteiger partial charge in [0.15, 0.2) is 5.16 Å². The quantitative estimate of drug-likeness (QED) is 0.815. The number of imidazole rings is 1. The fraction of sp³-hybridized carbons (Fsp3) is 0.733. The number of aromatic nitrogens is 2. The van der Waals surface area contributed by atoms with Gasteiger partial charge >= 0.3 is 5.97 Å². The molecule has 1 aromatic rings. The van der Waals surface area contributed by atoms with E-state index in [0.717, 1.165) is 29.2 Å². The van der Waals surface area contributed by atoms with Crippen LogP contribution in [0.15, 0.2) is 11.4 Å². The number of aryl methyl sites for hydroxylation is 1. The molecule has 1 heterocycles. The Hall–Kier alpha value is -0.970. The molecule has 0 atom stereocenters. The molecule has 4 nitrogen and oxygen atoms in total. The molecule has 1 aliphatic rings. The minimum atomic E-state index is -0.786. The Balaban J connectivity index is 1.95. The normalized spacial score (nSPS) is 22.9. The molecule has 0 spiro atoms. The van der Waals surface area contributed by atoms with Gasteiger partial charge in [-0.2, -0.15) is 0 Å². The predicted molar refractivity (Wildman–Crippen MR) is 81.1 cm³/mol. The van der Waals surface area contributed by atoms with E-state index >= 15 is 0 Å². The third kappa shape index (κ3) is 4.01. The van der Waals surface area contributed by atoms with Gasteiger partial charge in [-0.1, -0.05) is 37.9 Å². The number of aliphatic carboxylic acids is 1. The number of rotatable bonds is 6. The number of hydrogen-bond acceptors (Lipinski definition) is 3. The smallest absolute Gasteiger partial charge is 0.313 e. The van der Waals surface area contributed by atoms with Gasteiger partial charge in [-0.25, -0.2) is 4.98 Å². The minimum absolute atomic E-state index is 0.0824. The fourth-order valence-corrected chi connectivity index (χ4v) is 3.74. The second-order valence-electron chi connectivity index (χ2n) is 5.77. The highest BCUT2D eigenvalue weighted by Gasteiger charge is 2.21. The van der Waals surface area contributed by atoms with Crippen LogP contribution in [0.2, 0.25) is 0 Å². The molecule has 0 unspecified atom stereocenters. The Labute approximate surface area is 125 Å². The SMILES string of the molecule is CCC1CCC(Cn2c(C)cnc2SCC(=O)O)CC1. The maximum absolute atomic E-state index is 10.7. The van der Waals surface area contributed by atoms with E-state index in [1.807, 2.05) is 6.20 Å². The van der Waals surface area contributed by atoms with Gasteiger partial charge in [-0.3, -0.25) is 4.79 Å². The van der Waals surface area contributed by atoms with Crippen LogP contribution >= 0.6 is 11.8 Å². The van der Waals surface area contributed by atoms with Gasteiger partial charge in [0, 0.05) is 18.4 Å². The fourth-order valence-electron chi connectivity index (χ4n) is 2.98. The number of thioether (sulfide) groups is 1. The molecule has 20 heavy (non-hydrogen) atoms. The molecule has 0 saturated heterocycles. The summed E-state index contributed by atoms with van der Waals surface area (Å²) in [6.07, 6.45) is 8.41. The Bertz CT molecular complexity index is 451. The van der Waals surface area contributed by atoms with Crippen molar-refractivity contribution in [3.8, 4) is 0 Å². The molecule has 0 bridgehead atoms. The number of carboxylic acids is 1. The summed E-state index contributed by atoms with van der Waals surface area (Å²) in [5, 5.41) is 9.64. The van der Waals surface area contributed by atoms with E-state index in [0.29, 0.717) is 0 Å². The molecular formula is C15H24N2O2S. The topological polar surface area (TPSA) is 55.1 Å². The van der Waals surface area contributed by atoms with Crippen molar-refractivity contribution in [2.24, 2.45) is 11.8 Å². The van der Waals surface area contributed by atoms with E-state index in [2.05, 4.69) is 23.4 Å². The van der Waals surface area contributed by atoms with Gasteiger partial charge in [0.1, 0.15) is 0 Å². The predicted octanol–water partition coefficient (Wildman–Crippen LogP) is 3.58. The van der Waals surface area contributed by atoms with Crippen LogP contribution < -0.4 is 0 Å². The first-order valence-electron chi connectivity index (χ1n) is 7.46. The summed E-state index contributed by atoms with van der Waals surface area (Å²) in [7, 11) is 0. The zero-order valence-electron chi connectivity index (χ0n) is 12.3. The van der Waals surface area contributed by atoms with Crippen LogP contribution in [0.4, 0.5) is 0 Å². The highest BCUT2D eigenvalue weighted by Crippen LogP contribution is 2.32. The Morgan fingerprint density at radius 3 is 2.65 bits per heavy atom. The van der Waals surface area contributed by atoms with Crippen molar-refractivity contribution in [3.63, 3.8) is 0 Å². The van der Waals surface area contributed by atoms with Crippen molar-refractivity contribution < 1.29 is 9.90 Å². The maximum atomic E-state index is 10.7. The molecule has 1 saturated carbocycles. The van der Waals surface area contributed by atoms with Crippen molar-refractivity contribution >= 4 is 17.7 Å². The largest absolute Gasteiger partial charge is 0.481 e. The van der Waals surface area contributed by atoms with Gasteiger partial charge < -0.3 is 9.67 Å². The average molecular weight is 296 g/mol. The van der Waals surface area contributed by atoms with Crippen molar-refractivity contribution in [1.29, 1.82) is 0 Å². The Morgan fingerprint density at radius 2 is 2.05 bits per heavy atom. The van der Waals surface area contributed by atoms with Crippen LogP contribution in [0.3, 0.4) is 0 Å². The zero-order valence-corrected chi connectivity index (χ0v) is 13.2. The highest BCUT2D eigenvalue weighted by atomic mass is 32.2. The molecule has 1 fully saturated rings. The van der Waals surface area contributed by atoms with E-state index in [-0.39, 0.29) is 5.75 Å². The molecular weight excluding hydrogens is 272 g/mol. The molecule has 0 radical (unpaired) electrons. The monoisotopic (exact) mass is 296 g/mol. The number of hydrogen-bond donors (Lipinski definition) is 1. The summed E-state index contributed by atoms with van der Waals surface area (Å²) in [4.78, 5) is 15.0. The summed E-state index contributed by atoms with van der Waals surface area (Å²) in [5.41, 5.74) is 1.13. The molecule has 0 amide bonds. The van der Waals surface area contributed by atoms with Gasteiger partial charge in [0.2, 0.25) is 0 Å². The van der Waals surface area contributed by atoms with Gasteiger partial charge in [0.05, 0.1) is 5.75 Å². The van der Waals surface area contributed by atoms with Crippen molar-refractivity contribution in [2.45, 2.75) is 57.7 Å². The molecule has 112 valence electrons. The lowest BCUT2D eigenvalue weighted by Gasteiger charge is -2.28. The first-order valence-corrected chi connectivity index (χ1v) is 8.45. The van der Waals surface area contributed by atoms with E-state index < -0.39 is 5.97 Å². The first kappa shape index (κ1) is 15.4. The van der Waals surface area contributed by atoms with Crippen molar-refractivity contribution in [2.75, 3.05) is 5.75 Å². The van der Waals surface area contributed by atoms with Gasteiger partial charge in [0.25, 0.3) is 0 Å². The van der Waals surface area contributed by atoms with E-state index in [1.165, 1.54) is 43.9 Å². The molecule has 0 aliphatic heterocycles. The summed E-state index contributed by atoms with van der Waals surface area (Å²) in [6.45, 7) is 5.32. The second kappa shape index (κ2) is 7.16. The number of carbonyl (C=O) groups is 1. The van der Waals surface area contributed by atoms with Crippen molar-refractivity contribution in [3.05, 3.63) is 11.9 Å². The summed E-state index contributed by atoms with van der Waals surface area (Å²) in [5.74, 6) is 0.926. The molecule has 5 heteroatoms. The number of nitrogens with zero attached hydrogens (tertiary/aromatic N) is 2. The van der Waals surface area contributed by atoms with Crippen LogP contribution in [0.5, 0.6) is 0 Å². The van der Waals surface area contributed by atoms with Crippen LogP contribution in [0.25, 0.3) is 0 Å². The molecule has 0 aromatic carbocycles. The van der Waals surface area contributed by atoms with E-state index in [4.69, 9.17) is 5.11 Å². The lowest BCUT2D eigenvalue weighted by atomic mass is 9.81. The molecule has 2 rings (SSSR count). The maximum Gasteiger partial charge on any atom is 0.313 e. The van der Waals surface area contributed by atoms with E-state index in [9.17, 15) is 4.79 Å². The summed E-state index contributed by atoms with van der Waals surface area (Å²) >= 11 is 1.32. The minimum Gasteiger partial charge on any atom is -0.481 e. The molecule has 1 aromatic heterocycles. The van der Waals surface area contributed by atoms with Crippen LogP contribution in [0, 0.1) is 18.8 Å². The van der Waals surface area contributed by atoms with Crippen LogP contribution in [0.1, 0.15) is 44.7 Å². The van der Waals surface area contributed by atoms with Crippen molar-refractivity contribution in [1.82, 2.24) is 9.55 Å². The Morgan fingerprint density at radius 1 is 1.40 bits per heavy atom. The van der Waals surface area contributed by atoms with Crippen LogP contribution in [-0.2, 0) is 11.3 Å². The van der Waals surface area contributed by atoms with Gasteiger partial charge in [-0.05, 0) is 31.6 Å². The zero-order chi connectivity index (χ0) is 14.5. The average Bonchev–Trinajstić information content (AvgIpc) is 2.78. The number of carboxylic acid groups (broad SMARTS) is 1. The third-order valence-electron chi connectivity index (χ3n) is 4.33. The lowest BCUT2D eigenvalue weighted by molar-refractivity contribution is -0.133. The summed E-state index contributed by atoms with van der Waals surface area (Å²) in [6, 6.07) is 0. The highest BCUT2D eigenvalue weighted by molar-refractivity contribution is 7.99. The third-order valence-corrected chi connectivity index (χ3v) is 5.30. The van der Waals surface area contributed by atoms with Gasteiger partial charge in [-0.15, -0.1) is 0 Å². The lowest BCUT2D eigenvalue weighted by Crippen LogP contribution is -2.19. The van der Waals surface area contributed by atoms with E-state index in [1.54, 1.807) is 0 Å². The summed E-state index contributed by atoms with van der Waals surface area (Å²) < 4.78 is 2.20. The molecule has 1 N–H and O–H groups in total. The standard InChI is InChI=1S/C15H24N2O2S/c1-3-12-4-6-13(7-5-12)9-17-11(2)8-16-15(17)20-10-14(18)19/h8,12-13H,3-7,9-10H2,1-2H3,(H,18,19).